The molecule has 1 amide bonds. The summed E-state index contributed by atoms with van der Waals surface area (Å²) in [7, 11) is 0. The predicted octanol–water partition coefficient (Wildman–Crippen LogP) is 2.35. The van der Waals surface area contributed by atoms with E-state index in [2.05, 4.69) is 4.98 Å². The predicted molar refractivity (Wildman–Crippen MR) is 76.7 cm³/mol. The number of H-pyrrole nitrogens is 1. The van der Waals surface area contributed by atoms with Gasteiger partial charge in [0.15, 0.2) is 0 Å². The van der Waals surface area contributed by atoms with Crippen molar-refractivity contribution in [3.63, 3.8) is 0 Å². The third kappa shape index (κ3) is 2.66. The van der Waals surface area contributed by atoms with Gasteiger partial charge in [0.05, 0.1) is 11.5 Å². The minimum atomic E-state index is -0.893. The van der Waals surface area contributed by atoms with Gasteiger partial charge in [-0.05, 0) is 13.0 Å². The number of aromatic nitrogens is 1. The molecule has 2 N–H and O–H groups in total. The molecule has 0 fully saturated rings. The Labute approximate surface area is 117 Å². The van der Waals surface area contributed by atoms with Crippen LogP contribution in [0.2, 0.25) is 0 Å². The molecule has 0 saturated heterocycles. The molecular weight excluding hydrogens is 256 g/mol. The fraction of sp³-hybridized carbons (Fsp3) is 0.333. The molecule has 0 saturated carbocycles. The lowest BCUT2D eigenvalue weighted by Crippen LogP contribution is -2.36. The number of carboxylic acids is 1. The molecule has 0 aliphatic heterocycles. The number of fused-ring (bicyclic) bond motifs is 1. The average Bonchev–Trinajstić information content (AvgIpc) is 2.87. The Hall–Kier alpha value is -2.30. The highest BCUT2D eigenvalue weighted by Crippen LogP contribution is 2.19. The van der Waals surface area contributed by atoms with E-state index in [-0.39, 0.29) is 12.5 Å². The standard InChI is InChI=1S/C15H18N2O3/c1-3-17(9-10(2)15(19)20)14(18)12-8-16-13-7-5-4-6-11(12)13/h4-8,10,16H,3,9H2,1-2H3,(H,19,20). The van der Waals surface area contributed by atoms with Crippen LogP contribution in [0.5, 0.6) is 0 Å². The molecule has 2 aromatic rings. The lowest BCUT2D eigenvalue weighted by Gasteiger charge is -2.22. The number of benzene rings is 1. The molecule has 5 heteroatoms. The van der Waals surface area contributed by atoms with Crippen molar-refractivity contribution in [2.45, 2.75) is 13.8 Å². The van der Waals surface area contributed by atoms with Gasteiger partial charge in [-0.15, -0.1) is 0 Å². The fourth-order valence-electron chi connectivity index (χ4n) is 2.18. The van der Waals surface area contributed by atoms with Gasteiger partial charge in [-0.2, -0.15) is 0 Å². The van der Waals surface area contributed by atoms with Gasteiger partial charge in [-0.3, -0.25) is 9.59 Å². The Morgan fingerprint density at radius 1 is 1.35 bits per heavy atom. The zero-order valence-electron chi connectivity index (χ0n) is 11.6. The third-order valence-electron chi connectivity index (χ3n) is 3.40. The van der Waals surface area contributed by atoms with Gasteiger partial charge in [0.25, 0.3) is 5.91 Å². The minimum Gasteiger partial charge on any atom is -0.481 e. The number of aromatic amines is 1. The number of carboxylic acid groups (broad SMARTS) is 1. The lowest BCUT2D eigenvalue weighted by molar-refractivity contribution is -0.141. The summed E-state index contributed by atoms with van der Waals surface area (Å²) in [5.41, 5.74) is 1.48. The molecule has 1 unspecified atom stereocenters. The molecule has 0 spiro atoms. The number of nitrogens with zero attached hydrogens (tertiary/aromatic N) is 1. The van der Waals surface area contributed by atoms with Gasteiger partial charge in [0.2, 0.25) is 0 Å². The van der Waals surface area contributed by atoms with Crippen LogP contribution in [0.15, 0.2) is 30.5 Å². The normalized spacial score (nSPS) is 12.3. The Kier molecular flexibility index (Phi) is 4.08. The van der Waals surface area contributed by atoms with Crippen molar-refractivity contribution in [3.05, 3.63) is 36.0 Å². The zero-order chi connectivity index (χ0) is 14.7. The van der Waals surface area contributed by atoms with E-state index in [1.165, 1.54) is 0 Å². The van der Waals surface area contributed by atoms with Crippen molar-refractivity contribution in [1.82, 2.24) is 9.88 Å². The van der Waals surface area contributed by atoms with Gasteiger partial charge >= 0.3 is 5.97 Å². The number of carbonyl (C=O) groups excluding carboxylic acids is 1. The van der Waals surface area contributed by atoms with Gasteiger partial charge in [0.1, 0.15) is 0 Å². The first-order chi connectivity index (χ1) is 9.54. The second-order valence-corrected chi connectivity index (χ2v) is 4.83. The van der Waals surface area contributed by atoms with E-state index >= 15 is 0 Å². The van der Waals surface area contributed by atoms with Crippen LogP contribution in [0.25, 0.3) is 10.9 Å². The number of carbonyl (C=O) groups is 2. The number of nitrogens with one attached hydrogen (secondary N) is 1. The molecule has 1 atom stereocenters. The van der Waals surface area contributed by atoms with Crippen LogP contribution in [-0.2, 0) is 4.79 Å². The number of para-hydroxylation sites is 1. The molecule has 0 bridgehead atoms. The first-order valence-electron chi connectivity index (χ1n) is 6.62. The first kappa shape index (κ1) is 14.1. The molecule has 5 nitrogen and oxygen atoms in total. The summed E-state index contributed by atoms with van der Waals surface area (Å²) in [5, 5.41) is 9.83. The van der Waals surface area contributed by atoms with Gasteiger partial charge in [0, 0.05) is 30.2 Å². The topological polar surface area (TPSA) is 73.4 Å². The fourth-order valence-corrected chi connectivity index (χ4v) is 2.18. The Morgan fingerprint density at radius 3 is 2.70 bits per heavy atom. The Balaban J connectivity index is 2.26. The number of amides is 1. The summed E-state index contributed by atoms with van der Waals surface area (Å²) in [6.45, 7) is 4.15. The molecular formula is C15H18N2O3. The number of aliphatic carboxylic acids is 1. The van der Waals surface area contributed by atoms with Crippen molar-refractivity contribution in [2.75, 3.05) is 13.1 Å². The Bertz CT molecular complexity index is 633. The zero-order valence-corrected chi connectivity index (χ0v) is 11.6. The summed E-state index contributed by atoms with van der Waals surface area (Å²) in [5.74, 6) is -1.61. The maximum absolute atomic E-state index is 12.5. The second kappa shape index (κ2) is 5.77. The van der Waals surface area contributed by atoms with E-state index in [1.54, 1.807) is 18.0 Å². The highest BCUT2D eigenvalue weighted by molar-refractivity contribution is 6.06. The minimum absolute atomic E-state index is 0.141. The summed E-state index contributed by atoms with van der Waals surface area (Å²) in [4.78, 5) is 28.1. The molecule has 1 heterocycles. The lowest BCUT2D eigenvalue weighted by atomic mass is 10.1. The van der Waals surface area contributed by atoms with E-state index in [0.29, 0.717) is 12.1 Å². The van der Waals surface area contributed by atoms with Gasteiger partial charge in [-0.1, -0.05) is 25.1 Å². The van der Waals surface area contributed by atoms with Crippen molar-refractivity contribution in [3.8, 4) is 0 Å². The smallest absolute Gasteiger partial charge is 0.308 e. The molecule has 2 rings (SSSR count). The molecule has 1 aromatic carbocycles. The van der Waals surface area contributed by atoms with Crippen LogP contribution in [0.1, 0.15) is 24.2 Å². The highest BCUT2D eigenvalue weighted by Gasteiger charge is 2.22. The summed E-state index contributed by atoms with van der Waals surface area (Å²) < 4.78 is 0. The SMILES string of the molecule is CCN(CC(C)C(=O)O)C(=O)c1c[nH]c2ccccc12. The average molecular weight is 274 g/mol. The third-order valence-corrected chi connectivity index (χ3v) is 3.40. The summed E-state index contributed by atoms with van der Waals surface area (Å²) in [6, 6.07) is 7.57. The van der Waals surface area contributed by atoms with Crippen molar-refractivity contribution < 1.29 is 14.7 Å². The molecule has 0 aliphatic carbocycles. The Morgan fingerprint density at radius 2 is 2.05 bits per heavy atom. The van der Waals surface area contributed by atoms with Crippen molar-refractivity contribution in [1.29, 1.82) is 0 Å². The summed E-state index contributed by atoms with van der Waals surface area (Å²) >= 11 is 0. The maximum Gasteiger partial charge on any atom is 0.308 e. The van der Waals surface area contributed by atoms with Crippen LogP contribution in [-0.4, -0.2) is 40.0 Å². The highest BCUT2D eigenvalue weighted by atomic mass is 16.4. The van der Waals surface area contributed by atoms with Crippen LogP contribution in [0, 0.1) is 5.92 Å². The number of hydrogen-bond acceptors (Lipinski definition) is 2. The second-order valence-electron chi connectivity index (χ2n) is 4.83. The number of rotatable bonds is 5. The van der Waals surface area contributed by atoms with Crippen LogP contribution >= 0.6 is 0 Å². The van der Waals surface area contributed by atoms with Crippen LogP contribution in [0.3, 0.4) is 0 Å². The molecule has 1 aromatic heterocycles. The van der Waals surface area contributed by atoms with Gasteiger partial charge in [-0.25, -0.2) is 0 Å². The quantitative estimate of drug-likeness (QED) is 0.879. The van der Waals surface area contributed by atoms with E-state index in [0.717, 1.165) is 10.9 Å². The van der Waals surface area contributed by atoms with Crippen LogP contribution < -0.4 is 0 Å². The van der Waals surface area contributed by atoms with E-state index in [1.807, 2.05) is 31.2 Å². The van der Waals surface area contributed by atoms with Crippen molar-refractivity contribution in [2.24, 2.45) is 5.92 Å². The van der Waals surface area contributed by atoms with E-state index in [9.17, 15) is 9.59 Å². The molecule has 20 heavy (non-hydrogen) atoms. The first-order valence-corrected chi connectivity index (χ1v) is 6.62. The van der Waals surface area contributed by atoms with Crippen LogP contribution in [0.4, 0.5) is 0 Å². The van der Waals surface area contributed by atoms with Gasteiger partial charge < -0.3 is 15.0 Å². The van der Waals surface area contributed by atoms with Crippen molar-refractivity contribution >= 4 is 22.8 Å². The molecule has 0 aliphatic rings. The summed E-state index contributed by atoms with van der Waals surface area (Å²) in [6.07, 6.45) is 1.68. The van der Waals surface area contributed by atoms with E-state index in [4.69, 9.17) is 5.11 Å². The largest absolute Gasteiger partial charge is 0.481 e. The monoisotopic (exact) mass is 274 g/mol. The maximum atomic E-state index is 12.5. The number of hydrogen-bond donors (Lipinski definition) is 2. The molecule has 0 radical (unpaired) electrons. The molecule has 106 valence electrons. The van der Waals surface area contributed by atoms with E-state index < -0.39 is 11.9 Å².